The lowest BCUT2D eigenvalue weighted by Gasteiger charge is -2.37. The molecule has 1 heterocycles. The summed E-state index contributed by atoms with van der Waals surface area (Å²) in [6, 6.07) is 0. The van der Waals surface area contributed by atoms with Crippen molar-refractivity contribution < 1.29 is 42.5 Å². The van der Waals surface area contributed by atoms with E-state index < -0.39 is 42.7 Å². The number of alkyl halides is 1. The van der Waals surface area contributed by atoms with Gasteiger partial charge in [-0.3, -0.25) is 19.3 Å². The first-order chi connectivity index (χ1) is 13.1. The summed E-state index contributed by atoms with van der Waals surface area (Å²) in [5, 5.41) is -0.178. The van der Waals surface area contributed by atoms with Crippen LogP contribution in [0, 0.1) is 0 Å². The van der Waals surface area contributed by atoms with Crippen LogP contribution in [0.5, 0.6) is 0 Å². The van der Waals surface area contributed by atoms with Gasteiger partial charge in [0.1, 0.15) is 12.7 Å². The normalized spacial score (nSPS) is 24.2. The molecule has 0 aromatic rings. The summed E-state index contributed by atoms with van der Waals surface area (Å²) in [5.74, 6) is -1.20. The van der Waals surface area contributed by atoms with Crippen LogP contribution in [0.25, 0.3) is 0 Å². The van der Waals surface area contributed by atoms with E-state index in [1.54, 1.807) is 0 Å². The highest BCUT2D eigenvalue weighted by molar-refractivity contribution is 8.13. The lowest BCUT2D eigenvalue weighted by Crippen LogP contribution is -2.52. The molecule has 28 heavy (non-hydrogen) atoms. The Balaban J connectivity index is 2.83. The molecule has 1 saturated heterocycles. The first-order valence-corrected chi connectivity index (χ1v) is 9.81. The molecule has 0 aliphatic carbocycles. The van der Waals surface area contributed by atoms with E-state index >= 15 is 0 Å². The maximum atomic E-state index is 14.7. The van der Waals surface area contributed by atoms with Crippen molar-refractivity contribution in [3.8, 4) is 0 Å². The third-order valence-corrected chi connectivity index (χ3v) is 4.47. The second kappa shape index (κ2) is 11.8. The summed E-state index contributed by atoms with van der Waals surface area (Å²) in [7, 11) is 0. The molecule has 1 fully saturated rings. The van der Waals surface area contributed by atoms with Gasteiger partial charge in [-0.25, -0.2) is 9.18 Å². The highest BCUT2D eigenvalue weighted by atomic mass is 32.2. The minimum Gasteiger partial charge on any atom is -0.463 e. The number of amides is 1. The van der Waals surface area contributed by atoms with Crippen LogP contribution < -0.4 is 0 Å². The van der Waals surface area contributed by atoms with E-state index in [0.29, 0.717) is 13.0 Å². The highest BCUT2D eigenvalue weighted by Gasteiger charge is 2.44. The second-order valence-corrected chi connectivity index (χ2v) is 7.29. The smallest absolute Gasteiger partial charge is 0.412 e. The van der Waals surface area contributed by atoms with Gasteiger partial charge in [-0.2, -0.15) is 0 Å². The number of halogens is 1. The number of carbonyl (C=O) groups excluding carboxylic acids is 4. The molecular weight excluding hydrogens is 397 g/mol. The number of carbonyl (C=O) groups is 4. The molecule has 0 bridgehead atoms. The molecule has 0 aromatic heterocycles. The van der Waals surface area contributed by atoms with Crippen molar-refractivity contribution in [2.45, 2.75) is 65.2 Å². The predicted octanol–water partition coefficient (Wildman–Crippen LogP) is 2.02. The zero-order valence-electron chi connectivity index (χ0n) is 16.3. The largest absolute Gasteiger partial charge is 0.463 e. The third-order valence-electron chi connectivity index (χ3n) is 3.62. The van der Waals surface area contributed by atoms with Crippen molar-refractivity contribution in [2.75, 3.05) is 19.0 Å². The minimum absolute atomic E-state index is 0.0515. The predicted molar refractivity (Wildman–Crippen MR) is 97.0 cm³/mol. The van der Waals surface area contributed by atoms with Gasteiger partial charge in [0.05, 0.1) is 12.0 Å². The monoisotopic (exact) mass is 423 g/mol. The number of nitrogens with zero attached hydrogens (tertiary/aromatic N) is 1. The minimum atomic E-state index is -1.91. The van der Waals surface area contributed by atoms with Gasteiger partial charge in [0.15, 0.2) is 11.3 Å². The van der Waals surface area contributed by atoms with Gasteiger partial charge in [0.25, 0.3) is 0 Å². The Morgan fingerprint density at radius 2 is 1.82 bits per heavy atom. The summed E-state index contributed by atoms with van der Waals surface area (Å²) >= 11 is 0.916. The van der Waals surface area contributed by atoms with E-state index in [2.05, 4.69) is 0 Å². The molecule has 4 atom stereocenters. The standard InChI is InChI=1S/C17H26FNO8S/c1-5-6-19(9-28-12(4)22)17(23)27-16-15(18)14(25-11(3)21)7-13(26-16)8-24-10(2)20/h13-16H,5-9H2,1-4H3/t13-,14-,15+,16-/m0/s1. The van der Waals surface area contributed by atoms with Crippen LogP contribution in [-0.4, -0.2) is 71.7 Å². The van der Waals surface area contributed by atoms with Crippen molar-refractivity contribution >= 4 is 34.9 Å². The molecule has 0 N–H and O–H groups in total. The summed E-state index contributed by atoms with van der Waals surface area (Å²) in [6.45, 7) is 5.63. The van der Waals surface area contributed by atoms with Crippen LogP contribution >= 0.6 is 11.8 Å². The fourth-order valence-electron chi connectivity index (χ4n) is 2.44. The first kappa shape index (κ1) is 24.2. The van der Waals surface area contributed by atoms with Gasteiger partial charge in [0, 0.05) is 33.7 Å². The third kappa shape index (κ3) is 8.42. The van der Waals surface area contributed by atoms with Crippen molar-refractivity contribution in [3.63, 3.8) is 0 Å². The van der Waals surface area contributed by atoms with Gasteiger partial charge in [0.2, 0.25) is 6.29 Å². The summed E-state index contributed by atoms with van der Waals surface area (Å²) in [4.78, 5) is 47.0. The van der Waals surface area contributed by atoms with Gasteiger partial charge < -0.3 is 18.9 Å². The molecule has 11 heteroatoms. The summed E-state index contributed by atoms with van der Waals surface area (Å²) in [5.41, 5.74) is 0. The van der Waals surface area contributed by atoms with Crippen molar-refractivity contribution in [2.24, 2.45) is 0 Å². The van der Waals surface area contributed by atoms with Gasteiger partial charge >= 0.3 is 18.0 Å². The quantitative estimate of drug-likeness (QED) is 0.329. The molecule has 0 saturated carbocycles. The molecule has 9 nitrogen and oxygen atoms in total. The zero-order valence-corrected chi connectivity index (χ0v) is 17.2. The Labute approximate surface area is 167 Å². The molecule has 0 unspecified atom stereocenters. The number of hydrogen-bond donors (Lipinski definition) is 0. The van der Waals surface area contributed by atoms with E-state index in [-0.39, 0.29) is 24.0 Å². The molecule has 0 spiro atoms. The molecular formula is C17H26FNO8S. The van der Waals surface area contributed by atoms with Crippen molar-refractivity contribution in [3.05, 3.63) is 0 Å². The Bertz CT molecular complexity index is 575. The zero-order chi connectivity index (χ0) is 21.3. The highest BCUT2D eigenvalue weighted by Crippen LogP contribution is 2.27. The first-order valence-electron chi connectivity index (χ1n) is 8.83. The van der Waals surface area contributed by atoms with Crippen LogP contribution in [0.3, 0.4) is 0 Å². The van der Waals surface area contributed by atoms with E-state index in [1.165, 1.54) is 18.7 Å². The van der Waals surface area contributed by atoms with E-state index in [1.807, 2.05) is 6.92 Å². The Kier molecular flexibility index (Phi) is 10.2. The van der Waals surface area contributed by atoms with Gasteiger partial charge in [-0.15, -0.1) is 0 Å². The molecule has 1 amide bonds. The van der Waals surface area contributed by atoms with Gasteiger partial charge in [-0.1, -0.05) is 18.7 Å². The second-order valence-electron chi connectivity index (χ2n) is 6.17. The van der Waals surface area contributed by atoms with E-state index in [9.17, 15) is 23.6 Å². The maximum Gasteiger partial charge on any atom is 0.412 e. The molecule has 0 aromatic carbocycles. The average Bonchev–Trinajstić information content (AvgIpc) is 2.59. The van der Waals surface area contributed by atoms with Gasteiger partial charge in [-0.05, 0) is 6.42 Å². The number of rotatable bonds is 8. The summed E-state index contributed by atoms with van der Waals surface area (Å²) in [6.07, 6.45) is -5.90. The van der Waals surface area contributed by atoms with Crippen LogP contribution in [0.15, 0.2) is 0 Å². The number of hydrogen-bond acceptors (Lipinski definition) is 9. The Morgan fingerprint density at radius 1 is 1.14 bits per heavy atom. The molecule has 1 aliphatic heterocycles. The van der Waals surface area contributed by atoms with Crippen LogP contribution in [0.1, 0.15) is 40.5 Å². The fraction of sp³-hybridized carbons (Fsp3) is 0.765. The van der Waals surface area contributed by atoms with Crippen LogP contribution in [-0.2, 0) is 33.3 Å². The Hall–Kier alpha value is -1.88. The van der Waals surface area contributed by atoms with E-state index in [4.69, 9.17) is 18.9 Å². The Morgan fingerprint density at radius 3 is 2.36 bits per heavy atom. The van der Waals surface area contributed by atoms with Crippen molar-refractivity contribution in [1.82, 2.24) is 4.90 Å². The lowest BCUT2D eigenvalue weighted by atomic mass is 10.0. The fourth-order valence-corrected chi connectivity index (χ4v) is 3.01. The maximum absolute atomic E-state index is 14.7. The molecule has 0 radical (unpaired) electrons. The lowest BCUT2D eigenvalue weighted by molar-refractivity contribution is -0.242. The molecule has 160 valence electrons. The number of ether oxygens (including phenoxy) is 4. The number of esters is 2. The topological polar surface area (TPSA) is 108 Å². The average molecular weight is 423 g/mol. The van der Waals surface area contributed by atoms with Crippen molar-refractivity contribution in [1.29, 1.82) is 0 Å². The summed E-state index contributed by atoms with van der Waals surface area (Å²) < 4.78 is 35.0. The van der Waals surface area contributed by atoms with Crippen LogP contribution in [0.4, 0.5) is 9.18 Å². The molecule has 1 aliphatic rings. The van der Waals surface area contributed by atoms with E-state index in [0.717, 1.165) is 18.7 Å². The number of thioether (sulfide) groups is 1. The molecule has 1 rings (SSSR count). The SMILES string of the molecule is CCCN(CSC(C)=O)C(=O)O[C@@H]1O[C@H](COC(C)=O)C[C@H](OC(C)=O)[C@H]1F. The van der Waals surface area contributed by atoms with Crippen LogP contribution in [0.2, 0.25) is 0 Å².